The van der Waals surface area contributed by atoms with Crippen LogP contribution in [-0.2, 0) is 31.2 Å². The summed E-state index contributed by atoms with van der Waals surface area (Å²) in [6, 6.07) is 18.9. The Labute approximate surface area is 186 Å². The van der Waals surface area contributed by atoms with Gasteiger partial charge in [-0.15, -0.1) is 0 Å². The third kappa shape index (κ3) is 4.63. The normalized spacial score (nSPS) is 15.3. The van der Waals surface area contributed by atoms with E-state index in [0.717, 1.165) is 29.3 Å². The maximum absolute atomic E-state index is 12.6. The number of carboxylic acids is 1. The van der Waals surface area contributed by atoms with Gasteiger partial charge in [0.05, 0.1) is 5.52 Å². The lowest BCUT2D eigenvalue weighted by atomic mass is 10.1. The summed E-state index contributed by atoms with van der Waals surface area (Å²) in [4.78, 5) is 25.1. The minimum Gasteiger partial charge on any atom is -0.475 e. The first-order chi connectivity index (χ1) is 15.6. The Morgan fingerprint density at radius 2 is 1.82 bits per heavy atom. The van der Waals surface area contributed by atoms with Crippen LogP contribution in [0.5, 0.6) is 0 Å². The third-order valence-electron chi connectivity index (χ3n) is 5.83. The second kappa shape index (κ2) is 8.74. The van der Waals surface area contributed by atoms with Gasteiger partial charge in [0.1, 0.15) is 0 Å². The standard InChI is InChI=1S/C22H21N3O.C2HF3O2/c1-25-21-9-5-2-6-14(21)10-15(22(25)26)13-23-16-11-18-17-7-3-4-8-19(17)24-20(18)12-16;3-2(4,5)1(6)7/h2-10,16,23-24H,11-13H2,1H3;(H,6,7). The van der Waals surface area contributed by atoms with Crippen molar-refractivity contribution in [2.75, 3.05) is 0 Å². The minimum absolute atomic E-state index is 0.0816. The molecule has 6 nitrogen and oxygen atoms in total. The Kier molecular flexibility index (Phi) is 5.99. The molecule has 2 heterocycles. The van der Waals surface area contributed by atoms with Crippen molar-refractivity contribution in [3.63, 3.8) is 0 Å². The van der Waals surface area contributed by atoms with E-state index in [-0.39, 0.29) is 5.56 Å². The highest BCUT2D eigenvalue weighted by atomic mass is 19.4. The lowest BCUT2D eigenvalue weighted by molar-refractivity contribution is -0.192. The fourth-order valence-electron chi connectivity index (χ4n) is 4.24. The summed E-state index contributed by atoms with van der Waals surface area (Å²) in [5.74, 6) is -2.76. The van der Waals surface area contributed by atoms with Gasteiger partial charge in [-0.2, -0.15) is 13.2 Å². The zero-order valence-corrected chi connectivity index (χ0v) is 17.7. The number of benzene rings is 2. The fourth-order valence-corrected chi connectivity index (χ4v) is 4.24. The highest BCUT2D eigenvalue weighted by Gasteiger charge is 2.38. The molecule has 0 amide bonds. The molecule has 4 aromatic rings. The molecule has 1 unspecified atom stereocenters. The molecule has 1 atom stereocenters. The number of H-pyrrole nitrogens is 1. The van der Waals surface area contributed by atoms with Crippen molar-refractivity contribution < 1.29 is 23.1 Å². The van der Waals surface area contributed by atoms with Gasteiger partial charge in [0.2, 0.25) is 0 Å². The van der Waals surface area contributed by atoms with E-state index in [0.29, 0.717) is 12.6 Å². The van der Waals surface area contributed by atoms with Crippen molar-refractivity contribution in [2.24, 2.45) is 7.05 Å². The molecule has 1 aliphatic carbocycles. The van der Waals surface area contributed by atoms with Crippen LogP contribution in [0.1, 0.15) is 16.8 Å². The maximum Gasteiger partial charge on any atom is 0.490 e. The molecule has 0 saturated heterocycles. The van der Waals surface area contributed by atoms with Gasteiger partial charge >= 0.3 is 12.1 Å². The molecule has 0 saturated carbocycles. The van der Waals surface area contributed by atoms with Gasteiger partial charge in [-0.3, -0.25) is 4.79 Å². The number of nitrogens with one attached hydrogen (secondary N) is 2. The Balaban J connectivity index is 0.000000325. The highest BCUT2D eigenvalue weighted by Crippen LogP contribution is 2.30. The van der Waals surface area contributed by atoms with E-state index in [9.17, 15) is 18.0 Å². The zero-order chi connectivity index (χ0) is 23.8. The molecule has 5 rings (SSSR count). The second-order valence-corrected chi connectivity index (χ2v) is 8.01. The lowest BCUT2D eigenvalue weighted by Gasteiger charge is -2.14. The highest BCUT2D eigenvalue weighted by molar-refractivity contribution is 5.85. The molecule has 33 heavy (non-hydrogen) atoms. The predicted molar refractivity (Wildman–Crippen MR) is 119 cm³/mol. The third-order valence-corrected chi connectivity index (χ3v) is 5.83. The molecule has 9 heteroatoms. The van der Waals surface area contributed by atoms with E-state index in [1.165, 1.54) is 22.2 Å². The number of hydrogen-bond acceptors (Lipinski definition) is 3. The lowest BCUT2D eigenvalue weighted by Crippen LogP contribution is -2.33. The van der Waals surface area contributed by atoms with Crippen molar-refractivity contribution in [3.8, 4) is 0 Å². The largest absolute Gasteiger partial charge is 0.490 e. The van der Waals surface area contributed by atoms with E-state index in [2.05, 4.69) is 40.6 Å². The van der Waals surface area contributed by atoms with Crippen LogP contribution in [0, 0.1) is 0 Å². The number of aliphatic carboxylic acids is 1. The van der Waals surface area contributed by atoms with Gasteiger partial charge in [0.25, 0.3) is 5.56 Å². The monoisotopic (exact) mass is 457 g/mol. The second-order valence-electron chi connectivity index (χ2n) is 8.01. The molecule has 0 spiro atoms. The molecule has 3 N–H and O–H groups in total. The minimum atomic E-state index is -5.08. The Morgan fingerprint density at radius 3 is 2.55 bits per heavy atom. The van der Waals surface area contributed by atoms with Gasteiger partial charge < -0.3 is 20.0 Å². The van der Waals surface area contributed by atoms with Crippen LogP contribution in [0.3, 0.4) is 0 Å². The first kappa shape index (κ1) is 22.6. The number of aryl methyl sites for hydroxylation is 1. The van der Waals surface area contributed by atoms with Crippen molar-refractivity contribution in [1.82, 2.24) is 14.9 Å². The molecule has 172 valence electrons. The fraction of sp³-hybridized carbons (Fsp3) is 0.250. The number of aromatic amines is 1. The summed E-state index contributed by atoms with van der Waals surface area (Å²) < 4.78 is 33.5. The van der Waals surface area contributed by atoms with Crippen molar-refractivity contribution in [1.29, 1.82) is 0 Å². The number of carbonyl (C=O) groups is 1. The number of fused-ring (bicyclic) bond motifs is 4. The molecule has 0 aliphatic heterocycles. The van der Waals surface area contributed by atoms with Crippen molar-refractivity contribution in [2.45, 2.75) is 31.6 Å². The molecular formula is C24H22F3N3O3. The van der Waals surface area contributed by atoms with Crippen molar-refractivity contribution in [3.05, 3.63) is 81.8 Å². The summed E-state index contributed by atoms with van der Waals surface area (Å²) in [6.45, 7) is 0.602. The van der Waals surface area contributed by atoms with Gasteiger partial charge in [-0.1, -0.05) is 36.4 Å². The Hall–Kier alpha value is -3.59. The van der Waals surface area contributed by atoms with Crippen LogP contribution in [0.4, 0.5) is 13.2 Å². The molecule has 0 bridgehead atoms. The van der Waals surface area contributed by atoms with Crippen LogP contribution in [0.25, 0.3) is 21.8 Å². The average molecular weight is 457 g/mol. The number of para-hydroxylation sites is 2. The summed E-state index contributed by atoms with van der Waals surface area (Å²) in [7, 11) is 1.85. The number of pyridine rings is 1. The van der Waals surface area contributed by atoms with E-state index in [4.69, 9.17) is 9.90 Å². The number of alkyl halides is 3. The number of rotatable bonds is 3. The SMILES string of the molecule is Cn1c(=O)c(CNC2Cc3[nH]c4ccccc4c3C2)cc2ccccc21.O=C(O)C(F)(F)F. The van der Waals surface area contributed by atoms with Crippen LogP contribution in [0.2, 0.25) is 0 Å². The topological polar surface area (TPSA) is 87.1 Å². The molecule has 2 aromatic heterocycles. The quantitative estimate of drug-likeness (QED) is 0.435. The van der Waals surface area contributed by atoms with Crippen LogP contribution in [0.15, 0.2) is 59.4 Å². The van der Waals surface area contributed by atoms with E-state index in [1.54, 1.807) is 4.57 Å². The van der Waals surface area contributed by atoms with Crippen molar-refractivity contribution >= 4 is 27.8 Å². The van der Waals surface area contributed by atoms with Gasteiger partial charge in [0.15, 0.2) is 0 Å². The van der Waals surface area contributed by atoms with Crippen LogP contribution < -0.4 is 10.9 Å². The number of hydrogen-bond donors (Lipinski definition) is 3. The van der Waals surface area contributed by atoms with E-state index in [1.807, 2.05) is 31.3 Å². The summed E-state index contributed by atoms with van der Waals surface area (Å²) >= 11 is 0. The molecular weight excluding hydrogens is 435 g/mol. The summed E-state index contributed by atoms with van der Waals surface area (Å²) in [5.41, 5.74) is 5.85. The van der Waals surface area contributed by atoms with Gasteiger partial charge in [-0.25, -0.2) is 4.79 Å². The summed E-state index contributed by atoms with van der Waals surface area (Å²) in [5, 5.41) is 13.2. The van der Waals surface area contributed by atoms with Gasteiger partial charge in [-0.05, 0) is 35.6 Å². The molecule has 0 fully saturated rings. The maximum atomic E-state index is 12.6. The first-order valence-corrected chi connectivity index (χ1v) is 10.3. The Morgan fingerprint density at radius 1 is 1.15 bits per heavy atom. The summed E-state index contributed by atoms with van der Waals surface area (Å²) in [6.07, 6.45) is -3.09. The Bertz CT molecular complexity index is 1390. The van der Waals surface area contributed by atoms with Crippen LogP contribution in [-0.4, -0.2) is 32.8 Å². The zero-order valence-electron chi connectivity index (χ0n) is 17.7. The van der Waals surface area contributed by atoms with Gasteiger partial charge in [0, 0.05) is 48.2 Å². The molecule has 2 aromatic carbocycles. The number of nitrogens with zero attached hydrogens (tertiary/aromatic N) is 1. The smallest absolute Gasteiger partial charge is 0.475 e. The average Bonchev–Trinajstić information content (AvgIpc) is 3.32. The number of carboxylic acid groups (broad SMARTS) is 1. The molecule has 1 aliphatic rings. The first-order valence-electron chi connectivity index (χ1n) is 10.3. The number of aromatic nitrogens is 2. The van der Waals surface area contributed by atoms with E-state index >= 15 is 0 Å². The molecule has 0 radical (unpaired) electrons. The van der Waals surface area contributed by atoms with Crippen LogP contribution >= 0.6 is 0 Å². The predicted octanol–water partition coefficient (Wildman–Crippen LogP) is 3.91. The van der Waals surface area contributed by atoms with E-state index < -0.39 is 12.1 Å². The number of halogens is 3.